The van der Waals surface area contributed by atoms with Crippen LogP contribution in [0.5, 0.6) is 0 Å². The molecule has 19 heavy (non-hydrogen) atoms. The normalized spacial score (nSPS) is 11.3. The van der Waals surface area contributed by atoms with Gasteiger partial charge < -0.3 is 10.2 Å². The molecular weight excluding hydrogens is 240 g/mol. The zero-order valence-corrected chi connectivity index (χ0v) is 11.1. The van der Waals surface area contributed by atoms with Crippen molar-refractivity contribution >= 4 is 16.8 Å². The summed E-state index contributed by atoms with van der Waals surface area (Å²) in [5, 5.41) is 0. The molecule has 2 N–H and O–H groups in total. The van der Waals surface area contributed by atoms with Gasteiger partial charge in [0.2, 0.25) is 0 Å². The van der Waals surface area contributed by atoms with Crippen LogP contribution in [-0.4, -0.2) is 4.98 Å². The molecule has 1 aliphatic heterocycles. The summed E-state index contributed by atoms with van der Waals surface area (Å²) in [6.07, 6.45) is 0. The summed E-state index contributed by atoms with van der Waals surface area (Å²) in [6.45, 7) is 5.48. The summed E-state index contributed by atoms with van der Waals surface area (Å²) < 4.78 is 5.83. The molecule has 0 saturated carbocycles. The Morgan fingerprint density at radius 3 is 2.58 bits per heavy atom. The van der Waals surface area contributed by atoms with Crippen LogP contribution in [0.25, 0.3) is 22.6 Å². The third-order valence-electron chi connectivity index (χ3n) is 3.58. The van der Waals surface area contributed by atoms with Crippen molar-refractivity contribution in [3.05, 3.63) is 45.1 Å². The van der Waals surface area contributed by atoms with E-state index in [0.717, 1.165) is 22.3 Å². The second kappa shape index (κ2) is 3.82. The van der Waals surface area contributed by atoms with Crippen molar-refractivity contribution in [1.29, 1.82) is 0 Å². The maximum atomic E-state index is 12.1. The Balaban J connectivity index is 2.55. The first-order valence-corrected chi connectivity index (χ1v) is 6.09. The average Bonchev–Trinajstić information content (AvgIpc) is 2.41. The summed E-state index contributed by atoms with van der Waals surface area (Å²) in [6, 6.07) is 5.33. The van der Waals surface area contributed by atoms with E-state index in [0.29, 0.717) is 22.6 Å². The molecule has 2 aliphatic rings. The molecule has 0 atom stereocenters. The van der Waals surface area contributed by atoms with Gasteiger partial charge in [-0.3, -0.25) is 4.79 Å². The second-order valence-corrected chi connectivity index (χ2v) is 4.82. The van der Waals surface area contributed by atoms with E-state index in [1.165, 1.54) is 0 Å². The molecule has 0 fully saturated rings. The van der Waals surface area contributed by atoms with Crippen molar-refractivity contribution in [2.75, 3.05) is 5.73 Å². The SMILES string of the molecule is Cc1c2nc3ccc(N)cc3oc-2c(C)c(=O)c1C. The first kappa shape index (κ1) is 11.7. The number of hydrogen-bond donors (Lipinski definition) is 1. The lowest BCUT2D eigenvalue weighted by Crippen LogP contribution is -2.14. The summed E-state index contributed by atoms with van der Waals surface area (Å²) in [4.78, 5) is 16.7. The third kappa shape index (κ3) is 1.60. The van der Waals surface area contributed by atoms with Crippen molar-refractivity contribution in [2.24, 2.45) is 0 Å². The van der Waals surface area contributed by atoms with Crippen LogP contribution in [0.1, 0.15) is 16.7 Å². The van der Waals surface area contributed by atoms with Gasteiger partial charge in [0.15, 0.2) is 16.8 Å². The zero-order valence-electron chi connectivity index (χ0n) is 11.1. The molecule has 0 unspecified atom stereocenters. The smallest absolute Gasteiger partial charge is 0.188 e. The number of benzene rings is 2. The molecule has 1 aromatic carbocycles. The largest absolute Gasteiger partial charge is 0.452 e. The second-order valence-electron chi connectivity index (χ2n) is 4.82. The van der Waals surface area contributed by atoms with Gasteiger partial charge >= 0.3 is 0 Å². The molecule has 4 nitrogen and oxygen atoms in total. The number of rotatable bonds is 0. The van der Waals surface area contributed by atoms with Crippen LogP contribution in [-0.2, 0) is 0 Å². The predicted octanol–water partition coefficient (Wildman–Crippen LogP) is 2.80. The molecule has 0 saturated heterocycles. The van der Waals surface area contributed by atoms with E-state index in [4.69, 9.17) is 10.2 Å². The van der Waals surface area contributed by atoms with Gasteiger partial charge in [0.1, 0.15) is 11.2 Å². The molecule has 0 radical (unpaired) electrons. The molecule has 1 aliphatic carbocycles. The van der Waals surface area contributed by atoms with E-state index in [-0.39, 0.29) is 5.43 Å². The first-order valence-electron chi connectivity index (χ1n) is 6.09. The quantitative estimate of drug-likeness (QED) is 0.494. The Morgan fingerprint density at radius 1 is 1.11 bits per heavy atom. The number of anilines is 1. The van der Waals surface area contributed by atoms with Crippen LogP contribution in [0, 0.1) is 20.8 Å². The van der Waals surface area contributed by atoms with Crippen LogP contribution in [0.4, 0.5) is 5.69 Å². The highest BCUT2D eigenvalue weighted by Gasteiger charge is 2.19. The number of nitrogen functional groups attached to an aromatic ring is 1. The molecular formula is C15H14N2O2. The van der Waals surface area contributed by atoms with Crippen molar-refractivity contribution in [3.8, 4) is 11.5 Å². The summed E-state index contributed by atoms with van der Waals surface area (Å²) in [5.74, 6) is 0.547. The van der Waals surface area contributed by atoms with E-state index in [2.05, 4.69) is 4.98 Å². The number of nitrogens with zero attached hydrogens (tertiary/aromatic N) is 1. The molecule has 96 valence electrons. The number of fused-ring (bicyclic) bond motifs is 2. The number of aromatic nitrogens is 1. The minimum Gasteiger partial charge on any atom is -0.452 e. The number of hydrogen-bond acceptors (Lipinski definition) is 4. The first-order chi connectivity index (χ1) is 8.99. The van der Waals surface area contributed by atoms with Gasteiger partial charge in [-0.2, -0.15) is 0 Å². The fourth-order valence-electron chi connectivity index (χ4n) is 2.27. The monoisotopic (exact) mass is 254 g/mol. The maximum absolute atomic E-state index is 12.1. The van der Waals surface area contributed by atoms with Crippen LogP contribution in [0.3, 0.4) is 0 Å². The van der Waals surface area contributed by atoms with Crippen LogP contribution >= 0.6 is 0 Å². The van der Waals surface area contributed by atoms with Crippen LogP contribution in [0.2, 0.25) is 0 Å². The van der Waals surface area contributed by atoms with Gasteiger partial charge in [-0.05, 0) is 38.5 Å². The molecule has 1 heterocycles. The average molecular weight is 254 g/mol. The standard InChI is InChI=1S/C15H14N2O2/c1-7-8(2)14(18)9(3)15-13(7)17-11-5-4-10(16)6-12(11)19-15/h4-6H,16H2,1-3H3. The minimum absolute atomic E-state index is 0.0128. The fourth-order valence-corrected chi connectivity index (χ4v) is 2.27. The van der Waals surface area contributed by atoms with Gasteiger partial charge in [0, 0.05) is 22.9 Å². The van der Waals surface area contributed by atoms with E-state index in [1.54, 1.807) is 19.1 Å². The fraction of sp³-hybridized carbons (Fsp3) is 0.200. The Kier molecular flexibility index (Phi) is 2.35. The molecule has 0 bridgehead atoms. The van der Waals surface area contributed by atoms with Crippen molar-refractivity contribution in [1.82, 2.24) is 4.98 Å². The molecule has 4 heteroatoms. The number of nitrogens with two attached hydrogens (primary N) is 1. The van der Waals surface area contributed by atoms with Crippen LogP contribution in [0.15, 0.2) is 27.4 Å². The highest BCUT2D eigenvalue weighted by atomic mass is 16.3. The summed E-state index contributed by atoms with van der Waals surface area (Å²) in [7, 11) is 0. The Hall–Kier alpha value is -2.36. The van der Waals surface area contributed by atoms with Crippen LogP contribution < -0.4 is 11.2 Å². The minimum atomic E-state index is 0.0128. The maximum Gasteiger partial charge on any atom is 0.188 e. The molecule has 0 aromatic heterocycles. The van der Waals surface area contributed by atoms with Gasteiger partial charge in [0.25, 0.3) is 0 Å². The van der Waals surface area contributed by atoms with Gasteiger partial charge in [-0.25, -0.2) is 4.98 Å². The van der Waals surface area contributed by atoms with Gasteiger partial charge in [0.05, 0.1) is 0 Å². The van der Waals surface area contributed by atoms with Gasteiger partial charge in [-0.1, -0.05) is 0 Å². The predicted molar refractivity (Wildman–Crippen MR) is 75.5 cm³/mol. The highest BCUT2D eigenvalue weighted by molar-refractivity contribution is 5.81. The Morgan fingerprint density at radius 2 is 1.84 bits per heavy atom. The van der Waals surface area contributed by atoms with E-state index < -0.39 is 0 Å². The van der Waals surface area contributed by atoms with Crippen molar-refractivity contribution < 1.29 is 4.42 Å². The molecule has 0 amide bonds. The lowest BCUT2D eigenvalue weighted by Gasteiger charge is -2.13. The van der Waals surface area contributed by atoms with Crippen molar-refractivity contribution in [2.45, 2.75) is 20.8 Å². The van der Waals surface area contributed by atoms with E-state index in [1.807, 2.05) is 19.9 Å². The van der Waals surface area contributed by atoms with Gasteiger partial charge in [-0.15, -0.1) is 0 Å². The van der Waals surface area contributed by atoms with Crippen molar-refractivity contribution in [3.63, 3.8) is 0 Å². The molecule has 1 aromatic rings. The lowest BCUT2D eigenvalue weighted by molar-refractivity contribution is 0.607. The Bertz CT molecular complexity index is 834. The van der Waals surface area contributed by atoms with E-state index in [9.17, 15) is 4.79 Å². The summed E-state index contributed by atoms with van der Waals surface area (Å²) >= 11 is 0. The summed E-state index contributed by atoms with van der Waals surface area (Å²) in [5.41, 5.74) is 10.6. The Labute approximate surface area is 110 Å². The third-order valence-corrected chi connectivity index (χ3v) is 3.58. The topological polar surface area (TPSA) is 69.1 Å². The molecule has 0 spiro atoms. The van der Waals surface area contributed by atoms with E-state index >= 15 is 0 Å². The highest BCUT2D eigenvalue weighted by Crippen LogP contribution is 2.30. The molecule has 3 rings (SSSR count). The zero-order chi connectivity index (χ0) is 13.7. The lowest BCUT2D eigenvalue weighted by atomic mass is 9.99.